The van der Waals surface area contributed by atoms with E-state index in [1.54, 1.807) is 31.3 Å². The van der Waals surface area contributed by atoms with E-state index in [-0.39, 0.29) is 5.56 Å². The van der Waals surface area contributed by atoms with Gasteiger partial charge in [-0.15, -0.1) is 0 Å². The summed E-state index contributed by atoms with van der Waals surface area (Å²) in [5.41, 5.74) is 0.949. The zero-order valence-electron chi connectivity index (χ0n) is 13.9. The molecule has 0 aliphatic heterocycles. The number of hydrogen-bond donors (Lipinski definition) is 1. The van der Waals surface area contributed by atoms with Crippen molar-refractivity contribution in [1.82, 2.24) is 9.78 Å². The maximum Gasteiger partial charge on any atom is 0.308 e. The number of benzene rings is 1. The molecule has 0 bridgehead atoms. The van der Waals surface area contributed by atoms with Crippen molar-refractivity contribution in [1.29, 1.82) is 5.26 Å². The number of aromatic nitrogens is 2. The Balaban J connectivity index is 2.13. The second-order valence-corrected chi connectivity index (χ2v) is 4.97. The highest BCUT2D eigenvalue weighted by Crippen LogP contribution is 2.28. The van der Waals surface area contributed by atoms with Crippen molar-refractivity contribution in [3.8, 4) is 17.6 Å². The molecule has 1 heterocycles. The molecule has 25 heavy (non-hydrogen) atoms. The summed E-state index contributed by atoms with van der Waals surface area (Å²) in [6.07, 6.45) is 4.25. The molecule has 0 radical (unpaired) electrons. The van der Waals surface area contributed by atoms with Crippen LogP contribution in [0.2, 0.25) is 0 Å². The molecule has 1 aromatic carbocycles. The molecule has 2 rings (SSSR count). The number of rotatable bonds is 5. The number of nitrogens with one attached hydrogen (secondary N) is 1. The number of methoxy groups -OCH3 is 1. The Kier molecular flexibility index (Phi) is 5.53. The number of esters is 1. The van der Waals surface area contributed by atoms with Gasteiger partial charge in [-0.1, -0.05) is 6.07 Å². The summed E-state index contributed by atoms with van der Waals surface area (Å²) in [4.78, 5) is 23.1. The summed E-state index contributed by atoms with van der Waals surface area (Å²) < 4.78 is 11.6. The molecule has 0 aliphatic rings. The fraction of sp³-hybridized carbons (Fsp3) is 0.176. The average Bonchev–Trinajstić information content (AvgIpc) is 2.93. The Bertz CT molecular complexity index is 877. The first kappa shape index (κ1) is 17.7. The highest BCUT2D eigenvalue weighted by atomic mass is 16.6. The van der Waals surface area contributed by atoms with Crippen molar-refractivity contribution >= 4 is 23.8 Å². The van der Waals surface area contributed by atoms with Gasteiger partial charge in [0.2, 0.25) is 5.91 Å². The van der Waals surface area contributed by atoms with Gasteiger partial charge in [-0.3, -0.25) is 14.3 Å². The molecule has 128 valence electrons. The van der Waals surface area contributed by atoms with Gasteiger partial charge in [0.25, 0.3) is 0 Å². The molecule has 1 N–H and O–H groups in total. The molecule has 2 aromatic rings. The zero-order chi connectivity index (χ0) is 18.4. The van der Waals surface area contributed by atoms with Crippen molar-refractivity contribution in [2.45, 2.75) is 6.92 Å². The Hall–Kier alpha value is -3.60. The molecule has 0 saturated heterocycles. The lowest BCUT2D eigenvalue weighted by molar-refractivity contribution is -0.132. The third-order valence-electron chi connectivity index (χ3n) is 3.17. The van der Waals surface area contributed by atoms with E-state index in [1.165, 1.54) is 31.0 Å². The van der Waals surface area contributed by atoms with E-state index in [4.69, 9.17) is 14.7 Å². The van der Waals surface area contributed by atoms with Crippen LogP contribution in [0.3, 0.4) is 0 Å². The van der Waals surface area contributed by atoms with Crippen molar-refractivity contribution in [2.75, 3.05) is 12.4 Å². The monoisotopic (exact) mass is 340 g/mol. The number of aryl methyl sites for hydroxylation is 1. The zero-order valence-corrected chi connectivity index (χ0v) is 13.9. The summed E-state index contributed by atoms with van der Waals surface area (Å²) in [7, 11) is 3.08. The van der Waals surface area contributed by atoms with Crippen LogP contribution in [0.1, 0.15) is 18.1 Å². The fourth-order valence-electron chi connectivity index (χ4n) is 2.02. The van der Waals surface area contributed by atoms with Gasteiger partial charge in [0.05, 0.1) is 13.3 Å². The molecule has 0 spiro atoms. The van der Waals surface area contributed by atoms with Crippen LogP contribution < -0.4 is 14.8 Å². The molecule has 1 aromatic heterocycles. The number of amides is 1. The largest absolute Gasteiger partial charge is 0.493 e. The number of nitriles is 1. The van der Waals surface area contributed by atoms with Gasteiger partial charge in [-0.25, -0.2) is 0 Å². The topological polar surface area (TPSA) is 106 Å². The molecular formula is C17H16N4O4. The molecular weight excluding hydrogens is 324 g/mol. The standard InChI is InChI=1S/C17H16N4O4/c1-11(22)25-14-6-4-12(8-15(14)24-3)5-7-16(23)20-17-13(9-18)10-19-21(17)2/h4-8,10H,1-3H3,(H,20,23)/b7-5+. The number of anilines is 1. The van der Waals surface area contributed by atoms with E-state index in [2.05, 4.69) is 10.4 Å². The normalized spacial score (nSPS) is 10.3. The minimum atomic E-state index is -0.453. The van der Waals surface area contributed by atoms with E-state index in [9.17, 15) is 9.59 Å². The number of ether oxygens (including phenoxy) is 2. The van der Waals surface area contributed by atoms with E-state index in [0.717, 1.165) is 0 Å². The lowest BCUT2D eigenvalue weighted by Crippen LogP contribution is -2.12. The van der Waals surface area contributed by atoms with Gasteiger partial charge in [-0.2, -0.15) is 10.4 Å². The maximum atomic E-state index is 12.0. The molecule has 0 atom stereocenters. The van der Waals surface area contributed by atoms with Crippen molar-refractivity contribution < 1.29 is 19.1 Å². The van der Waals surface area contributed by atoms with Crippen molar-refractivity contribution in [3.05, 3.63) is 41.6 Å². The molecule has 0 unspecified atom stereocenters. The van der Waals surface area contributed by atoms with Crippen LogP contribution in [-0.2, 0) is 16.6 Å². The Morgan fingerprint density at radius 3 is 2.76 bits per heavy atom. The molecule has 0 aliphatic carbocycles. The lowest BCUT2D eigenvalue weighted by atomic mass is 10.2. The summed E-state index contributed by atoms with van der Waals surface area (Å²) in [6.45, 7) is 1.30. The van der Waals surface area contributed by atoms with E-state index in [1.807, 2.05) is 6.07 Å². The van der Waals surface area contributed by atoms with Gasteiger partial charge in [0.1, 0.15) is 17.5 Å². The quantitative estimate of drug-likeness (QED) is 0.506. The SMILES string of the molecule is COc1cc(/C=C/C(=O)Nc2c(C#N)cnn2C)ccc1OC(C)=O. The predicted molar refractivity (Wildman–Crippen MR) is 89.9 cm³/mol. The average molecular weight is 340 g/mol. The molecule has 0 saturated carbocycles. The summed E-state index contributed by atoms with van der Waals surface area (Å²) in [5.74, 6) is 0.120. The van der Waals surface area contributed by atoms with Crippen molar-refractivity contribution in [3.63, 3.8) is 0 Å². The number of carbonyl (C=O) groups is 2. The Morgan fingerprint density at radius 2 is 2.12 bits per heavy atom. The number of hydrogen-bond acceptors (Lipinski definition) is 6. The summed E-state index contributed by atoms with van der Waals surface area (Å²) >= 11 is 0. The maximum absolute atomic E-state index is 12.0. The first-order chi connectivity index (χ1) is 11.9. The van der Waals surface area contributed by atoms with Crippen LogP contribution in [0.5, 0.6) is 11.5 Å². The van der Waals surface area contributed by atoms with Gasteiger partial charge in [0, 0.05) is 20.0 Å². The highest BCUT2D eigenvalue weighted by molar-refractivity contribution is 6.02. The summed E-state index contributed by atoms with van der Waals surface area (Å²) in [5, 5.41) is 15.5. The second-order valence-electron chi connectivity index (χ2n) is 4.97. The molecule has 1 amide bonds. The van der Waals surface area contributed by atoms with Crippen LogP contribution in [0.15, 0.2) is 30.5 Å². The third-order valence-corrected chi connectivity index (χ3v) is 3.17. The number of carbonyl (C=O) groups excluding carboxylic acids is 2. The molecule has 0 fully saturated rings. The predicted octanol–water partition coefficient (Wildman–Crippen LogP) is 1.88. The summed E-state index contributed by atoms with van der Waals surface area (Å²) in [6, 6.07) is 6.84. The first-order valence-electron chi connectivity index (χ1n) is 7.22. The van der Waals surface area contributed by atoms with E-state index in [0.29, 0.717) is 22.9 Å². The Morgan fingerprint density at radius 1 is 1.36 bits per heavy atom. The molecule has 8 nitrogen and oxygen atoms in total. The lowest BCUT2D eigenvalue weighted by Gasteiger charge is -2.08. The highest BCUT2D eigenvalue weighted by Gasteiger charge is 2.10. The fourth-order valence-corrected chi connectivity index (χ4v) is 2.02. The smallest absolute Gasteiger partial charge is 0.308 e. The minimum absolute atomic E-state index is 0.275. The second kappa shape index (κ2) is 7.79. The number of nitrogens with zero attached hydrogens (tertiary/aromatic N) is 3. The van der Waals surface area contributed by atoms with Crippen LogP contribution in [-0.4, -0.2) is 28.8 Å². The van der Waals surface area contributed by atoms with Crippen LogP contribution in [0, 0.1) is 11.3 Å². The minimum Gasteiger partial charge on any atom is -0.493 e. The Labute approximate surface area is 144 Å². The third kappa shape index (κ3) is 4.45. The van der Waals surface area contributed by atoms with Gasteiger partial charge in [-0.05, 0) is 23.8 Å². The van der Waals surface area contributed by atoms with Gasteiger partial charge in [0.15, 0.2) is 11.5 Å². The van der Waals surface area contributed by atoms with Crippen LogP contribution in [0.4, 0.5) is 5.82 Å². The van der Waals surface area contributed by atoms with Gasteiger partial charge >= 0.3 is 5.97 Å². The van der Waals surface area contributed by atoms with E-state index < -0.39 is 11.9 Å². The van der Waals surface area contributed by atoms with Crippen LogP contribution >= 0.6 is 0 Å². The van der Waals surface area contributed by atoms with Crippen molar-refractivity contribution in [2.24, 2.45) is 7.05 Å². The first-order valence-corrected chi connectivity index (χ1v) is 7.22. The molecule has 8 heteroatoms. The van der Waals surface area contributed by atoms with Crippen LogP contribution in [0.25, 0.3) is 6.08 Å². The van der Waals surface area contributed by atoms with E-state index >= 15 is 0 Å². The van der Waals surface area contributed by atoms with Gasteiger partial charge < -0.3 is 14.8 Å².